The first kappa shape index (κ1) is 15.0. The Labute approximate surface area is 113 Å². The van der Waals surface area contributed by atoms with Gasteiger partial charge < -0.3 is 16.0 Å². The highest BCUT2D eigenvalue weighted by atomic mass is 16.2. The van der Waals surface area contributed by atoms with Crippen LogP contribution in [0.2, 0.25) is 0 Å². The zero-order valence-corrected chi connectivity index (χ0v) is 11.6. The van der Waals surface area contributed by atoms with Gasteiger partial charge >= 0.3 is 6.03 Å². The molecule has 104 valence electrons. The molecule has 0 saturated carbocycles. The van der Waals surface area contributed by atoms with Gasteiger partial charge in [0.25, 0.3) is 0 Å². The normalized spacial score (nSPS) is 13.2. The van der Waals surface area contributed by atoms with Crippen molar-refractivity contribution in [2.24, 2.45) is 0 Å². The Bertz CT molecular complexity index is 420. The Morgan fingerprint density at radius 3 is 2.32 bits per heavy atom. The van der Waals surface area contributed by atoms with Crippen LogP contribution in [0.5, 0.6) is 0 Å². The van der Waals surface area contributed by atoms with E-state index in [4.69, 9.17) is 0 Å². The number of carbonyl (C=O) groups is 2. The summed E-state index contributed by atoms with van der Waals surface area (Å²) in [6, 6.07) is 8.63. The zero-order valence-electron chi connectivity index (χ0n) is 11.6. The van der Waals surface area contributed by atoms with Gasteiger partial charge in [0.05, 0.1) is 6.04 Å². The van der Waals surface area contributed by atoms with Gasteiger partial charge in [0.2, 0.25) is 5.91 Å². The maximum absolute atomic E-state index is 11.7. The van der Waals surface area contributed by atoms with Crippen molar-refractivity contribution in [1.82, 2.24) is 16.0 Å². The third kappa shape index (κ3) is 4.99. The van der Waals surface area contributed by atoms with Crippen LogP contribution in [0.15, 0.2) is 30.3 Å². The zero-order chi connectivity index (χ0) is 14.3. The Morgan fingerprint density at radius 1 is 1.11 bits per heavy atom. The summed E-state index contributed by atoms with van der Waals surface area (Å²) in [5.41, 5.74) is 1.02. The number of hydrogen-bond donors (Lipinski definition) is 3. The smallest absolute Gasteiger partial charge is 0.315 e. The third-order valence-electron chi connectivity index (χ3n) is 2.74. The summed E-state index contributed by atoms with van der Waals surface area (Å²) in [6.45, 7) is 5.93. The number of likely N-dealkylation sites (N-methyl/N-ethyl adjacent to an activating group) is 1. The van der Waals surface area contributed by atoms with E-state index in [0.717, 1.165) is 5.56 Å². The molecule has 5 heteroatoms. The van der Waals surface area contributed by atoms with Crippen molar-refractivity contribution in [2.75, 3.05) is 6.54 Å². The molecule has 3 N–H and O–H groups in total. The lowest BCUT2D eigenvalue weighted by molar-refractivity contribution is -0.122. The van der Waals surface area contributed by atoms with Crippen molar-refractivity contribution in [3.05, 3.63) is 35.9 Å². The largest absolute Gasteiger partial charge is 0.355 e. The molecule has 0 aliphatic carbocycles. The standard InChI is InChI=1S/C14H21N3O2/c1-4-15-13(18)11(3)17-14(19)16-10(2)12-8-6-5-7-9-12/h5-11H,4H2,1-3H3,(H,15,18)(H2,16,17,19)/t10-,11-/m1/s1. The lowest BCUT2D eigenvalue weighted by Gasteiger charge is -2.18. The summed E-state index contributed by atoms with van der Waals surface area (Å²) in [5, 5.41) is 8.05. The van der Waals surface area contributed by atoms with Crippen molar-refractivity contribution in [2.45, 2.75) is 32.9 Å². The second-order valence-corrected chi connectivity index (χ2v) is 4.37. The molecule has 0 unspecified atom stereocenters. The van der Waals surface area contributed by atoms with Crippen LogP contribution in [0.3, 0.4) is 0 Å². The number of hydrogen-bond acceptors (Lipinski definition) is 2. The van der Waals surface area contributed by atoms with Crippen molar-refractivity contribution in [3.8, 4) is 0 Å². The molecule has 1 rings (SSSR count). The SMILES string of the molecule is CCNC(=O)[C@@H](C)NC(=O)N[C@H](C)c1ccccc1. The number of urea groups is 1. The molecule has 0 spiro atoms. The molecule has 0 aliphatic rings. The van der Waals surface area contributed by atoms with Gasteiger partial charge in [-0.05, 0) is 26.3 Å². The van der Waals surface area contributed by atoms with E-state index in [-0.39, 0.29) is 18.0 Å². The Morgan fingerprint density at radius 2 is 1.74 bits per heavy atom. The van der Waals surface area contributed by atoms with E-state index in [1.807, 2.05) is 44.2 Å². The summed E-state index contributed by atoms with van der Waals surface area (Å²) >= 11 is 0. The molecular weight excluding hydrogens is 242 g/mol. The van der Waals surface area contributed by atoms with Gasteiger partial charge in [-0.15, -0.1) is 0 Å². The molecule has 0 saturated heterocycles. The number of carbonyl (C=O) groups excluding carboxylic acids is 2. The number of nitrogens with one attached hydrogen (secondary N) is 3. The molecular formula is C14H21N3O2. The predicted molar refractivity (Wildman–Crippen MR) is 74.7 cm³/mol. The maximum atomic E-state index is 11.7. The number of amides is 3. The van der Waals surface area contributed by atoms with E-state index >= 15 is 0 Å². The van der Waals surface area contributed by atoms with Crippen LogP contribution < -0.4 is 16.0 Å². The summed E-state index contributed by atoms with van der Waals surface area (Å²) in [7, 11) is 0. The molecule has 1 aromatic carbocycles. The van der Waals surface area contributed by atoms with E-state index in [2.05, 4.69) is 16.0 Å². The van der Waals surface area contributed by atoms with Gasteiger partial charge in [-0.3, -0.25) is 4.79 Å². The molecule has 19 heavy (non-hydrogen) atoms. The number of rotatable bonds is 5. The second kappa shape index (κ2) is 7.41. The van der Waals surface area contributed by atoms with Gasteiger partial charge in [0.1, 0.15) is 6.04 Å². The Kier molecular flexibility index (Phi) is 5.85. The fourth-order valence-corrected chi connectivity index (χ4v) is 1.65. The first-order chi connectivity index (χ1) is 9.04. The highest BCUT2D eigenvalue weighted by molar-refractivity contribution is 5.86. The first-order valence-electron chi connectivity index (χ1n) is 6.44. The van der Waals surface area contributed by atoms with E-state index < -0.39 is 6.04 Å². The van der Waals surface area contributed by atoms with Crippen LogP contribution in [-0.4, -0.2) is 24.5 Å². The molecule has 1 aromatic rings. The van der Waals surface area contributed by atoms with Gasteiger partial charge in [-0.2, -0.15) is 0 Å². The fourth-order valence-electron chi connectivity index (χ4n) is 1.65. The number of benzene rings is 1. The van der Waals surface area contributed by atoms with Crippen molar-refractivity contribution in [3.63, 3.8) is 0 Å². The van der Waals surface area contributed by atoms with Crippen LogP contribution in [0.25, 0.3) is 0 Å². The summed E-state index contributed by atoms with van der Waals surface area (Å²) in [6.07, 6.45) is 0. The van der Waals surface area contributed by atoms with E-state index in [1.54, 1.807) is 6.92 Å². The van der Waals surface area contributed by atoms with E-state index in [9.17, 15) is 9.59 Å². The maximum Gasteiger partial charge on any atom is 0.315 e. The van der Waals surface area contributed by atoms with Gasteiger partial charge in [0.15, 0.2) is 0 Å². The monoisotopic (exact) mass is 263 g/mol. The quantitative estimate of drug-likeness (QED) is 0.754. The second-order valence-electron chi connectivity index (χ2n) is 4.37. The van der Waals surface area contributed by atoms with E-state index in [1.165, 1.54) is 0 Å². The fraction of sp³-hybridized carbons (Fsp3) is 0.429. The van der Waals surface area contributed by atoms with E-state index in [0.29, 0.717) is 6.54 Å². The molecule has 0 fully saturated rings. The average molecular weight is 263 g/mol. The van der Waals surface area contributed by atoms with Gasteiger partial charge in [0, 0.05) is 6.54 Å². The molecule has 2 atom stereocenters. The molecule has 0 aromatic heterocycles. The molecule has 3 amide bonds. The minimum atomic E-state index is -0.553. The van der Waals surface area contributed by atoms with Gasteiger partial charge in [-0.1, -0.05) is 30.3 Å². The molecule has 0 heterocycles. The average Bonchev–Trinajstić information content (AvgIpc) is 2.39. The van der Waals surface area contributed by atoms with Crippen molar-refractivity contribution >= 4 is 11.9 Å². The molecule has 5 nitrogen and oxygen atoms in total. The highest BCUT2D eigenvalue weighted by Crippen LogP contribution is 2.10. The third-order valence-corrected chi connectivity index (χ3v) is 2.74. The molecule has 0 radical (unpaired) electrons. The Balaban J connectivity index is 2.45. The Hall–Kier alpha value is -2.04. The minimum Gasteiger partial charge on any atom is -0.355 e. The predicted octanol–water partition coefficient (Wildman–Crippen LogP) is 1.57. The minimum absolute atomic E-state index is 0.109. The molecule has 0 bridgehead atoms. The first-order valence-corrected chi connectivity index (χ1v) is 6.44. The van der Waals surface area contributed by atoms with Crippen LogP contribution in [-0.2, 0) is 4.79 Å². The van der Waals surface area contributed by atoms with Crippen molar-refractivity contribution in [1.29, 1.82) is 0 Å². The topological polar surface area (TPSA) is 70.2 Å². The summed E-state index contributed by atoms with van der Waals surface area (Å²) in [5.74, 6) is -0.190. The lowest BCUT2D eigenvalue weighted by atomic mass is 10.1. The highest BCUT2D eigenvalue weighted by Gasteiger charge is 2.16. The van der Waals surface area contributed by atoms with Crippen molar-refractivity contribution < 1.29 is 9.59 Å². The summed E-state index contributed by atoms with van der Waals surface area (Å²) in [4.78, 5) is 23.2. The van der Waals surface area contributed by atoms with Crippen LogP contribution in [0, 0.1) is 0 Å². The summed E-state index contributed by atoms with van der Waals surface area (Å²) < 4.78 is 0. The van der Waals surface area contributed by atoms with Gasteiger partial charge in [-0.25, -0.2) is 4.79 Å². The lowest BCUT2D eigenvalue weighted by Crippen LogP contribution is -2.48. The van der Waals surface area contributed by atoms with Crippen LogP contribution in [0.4, 0.5) is 4.79 Å². The van der Waals surface area contributed by atoms with Crippen LogP contribution in [0.1, 0.15) is 32.4 Å². The molecule has 0 aliphatic heterocycles. The van der Waals surface area contributed by atoms with Crippen LogP contribution >= 0.6 is 0 Å².